The summed E-state index contributed by atoms with van der Waals surface area (Å²) in [6.07, 6.45) is 1.58. The predicted octanol–water partition coefficient (Wildman–Crippen LogP) is 2.33. The van der Waals surface area contributed by atoms with E-state index in [9.17, 15) is 19.2 Å². The van der Waals surface area contributed by atoms with Crippen molar-refractivity contribution in [3.8, 4) is 0 Å². The highest BCUT2D eigenvalue weighted by Crippen LogP contribution is 2.05. The Bertz CT molecular complexity index is 284. The second kappa shape index (κ2) is 16.1. The van der Waals surface area contributed by atoms with Gasteiger partial charge in [-0.1, -0.05) is 25.3 Å². The van der Waals surface area contributed by atoms with Crippen molar-refractivity contribution in [2.24, 2.45) is 5.92 Å². The molecule has 0 fully saturated rings. The highest BCUT2D eigenvalue weighted by atomic mass is 32.2. The van der Waals surface area contributed by atoms with Gasteiger partial charge >= 0.3 is 0 Å². The largest absolute Gasteiger partial charge is 0.303 e. The molecule has 4 nitrogen and oxygen atoms in total. The summed E-state index contributed by atoms with van der Waals surface area (Å²) in [6.45, 7) is 9.65. The molecule has 0 aromatic carbocycles. The molecule has 0 bridgehead atoms. The number of carbonyl (C=O) groups is 4. The Morgan fingerprint density at radius 3 is 1.78 bits per heavy atom. The van der Waals surface area contributed by atoms with E-state index in [1.165, 1.54) is 25.6 Å². The molecule has 0 radical (unpaired) electrons. The number of carbonyl (C=O) groups excluding carboxylic acids is 4. The van der Waals surface area contributed by atoms with Crippen LogP contribution in [0.25, 0.3) is 0 Å². The van der Waals surface area contributed by atoms with Gasteiger partial charge in [0.2, 0.25) is 0 Å². The van der Waals surface area contributed by atoms with Crippen LogP contribution in [0.1, 0.15) is 27.7 Å². The molecule has 0 aliphatic rings. The molecule has 18 heavy (non-hydrogen) atoms. The molecular weight excluding hydrogens is 272 g/mol. The fraction of sp³-hybridized carbons (Fsp3) is 0.500. The summed E-state index contributed by atoms with van der Waals surface area (Å²) in [7, 11) is 0. The number of thiol groups is 1. The Morgan fingerprint density at radius 2 is 1.61 bits per heavy atom. The molecule has 0 spiro atoms. The van der Waals surface area contributed by atoms with Crippen molar-refractivity contribution >= 4 is 47.2 Å². The molecule has 104 valence electrons. The van der Waals surface area contributed by atoms with Gasteiger partial charge < -0.3 is 4.79 Å². The molecule has 0 aromatic heterocycles. The average molecular weight is 292 g/mol. The van der Waals surface area contributed by atoms with Gasteiger partial charge in [0, 0.05) is 25.5 Å². The van der Waals surface area contributed by atoms with E-state index < -0.39 is 0 Å². The first kappa shape index (κ1) is 22.3. The first-order valence-electron chi connectivity index (χ1n) is 5.06. The Kier molecular flexibility index (Phi) is 20.0. The predicted molar refractivity (Wildman–Crippen MR) is 78.9 cm³/mol. The van der Waals surface area contributed by atoms with E-state index in [1.54, 1.807) is 13.8 Å². The number of hydrogen-bond donors (Lipinski definition) is 1. The normalized spacial score (nSPS) is 9.61. The van der Waals surface area contributed by atoms with Crippen LogP contribution in [-0.2, 0) is 19.2 Å². The summed E-state index contributed by atoms with van der Waals surface area (Å²) in [5, 5.41) is -0.0660. The van der Waals surface area contributed by atoms with Crippen LogP contribution in [0.15, 0.2) is 12.2 Å². The van der Waals surface area contributed by atoms with E-state index in [1.807, 2.05) is 0 Å². The zero-order valence-electron chi connectivity index (χ0n) is 11.1. The van der Waals surface area contributed by atoms with Gasteiger partial charge in [-0.3, -0.25) is 14.4 Å². The summed E-state index contributed by atoms with van der Waals surface area (Å²) < 4.78 is 0. The summed E-state index contributed by atoms with van der Waals surface area (Å²) in [4.78, 5) is 39.0. The molecule has 1 unspecified atom stereocenters. The Morgan fingerprint density at radius 1 is 1.28 bits per heavy atom. The van der Waals surface area contributed by atoms with Crippen molar-refractivity contribution in [2.75, 3.05) is 5.75 Å². The van der Waals surface area contributed by atoms with Crippen LogP contribution in [-0.4, -0.2) is 28.6 Å². The van der Waals surface area contributed by atoms with E-state index in [4.69, 9.17) is 0 Å². The van der Waals surface area contributed by atoms with Gasteiger partial charge in [-0.15, -0.1) is 12.6 Å². The van der Waals surface area contributed by atoms with Crippen LogP contribution in [0.5, 0.6) is 0 Å². The van der Waals surface area contributed by atoms with Crippen LogP contribution in [0.3, 0.4) is 0 Å². The first-order chi connectivity index (χ1) is 8.17. The fourth-order valence-corrected chi connectivity index (χ4v) is 0.864. The third-order valence-electron chi connectivity index (χ3n) is 0.983. The molecule has 0 aromatic rings. The minimum Gasteiger partial charge on any atom is -0.303 e. The molecule has 0 N–H and O–H groups in total. The zero-order chi connectivity index (χ0) is 15.1. The second-order valence-electron chi connectivity index (χ2n) is 3.40. The third-order valence-corrected chi connectivity index (χ3v) is 2.08. The maximum Gasteiger partial charge on any atom is 0.185 e. The number of thioether (sulfide) groups is 1. The van der Waals surface area contributed by atoms with Crippen LogP contribution in [0.2, 0.25) is 0 Å². The van der Waals surface area contributed by atoms with Crippen molar-refractivity contribution in [3.63, 3.8) is 0 Å². The fourth-order valence-electron chi connectivity index (χ4n) is 0.288. The quantitative estimate of drug-likeness (QED) is 0.489. The minimum atomic E-state index is -0.139. The maximum atomic E-state index is 10.3. The van der Waals surface area contributed by atoms with Crippen LogP contribution >= 0.6 is 24.4 Å². The molecule has 1 atom stereocenters. The molecule has 0 saturated carbocycles. The highest BCUT2D eigenvalue weighted by molar-refractivity contribution is 8.13. The topological polar surface area (TPSA) is 68.3 Å². The third kappa shape index (κ3) is 45.7. The van der Waals surface area contributed by atoms with Crippen molar-refractivity contribution in [1.82, 2.24) is 0 Å². The molecule has 0 saturated heterocycles. The van der Waals surface area contributed by atoms with Gasteiger partial charge in [0.15, 0.2) is 10.2 Å². The molecule has 0 aliphatic carbocycles. The molecule has 0 rings (SSSR count). The summed E-state index contributed by atoms with van der Waals surface area (Å²) >= 11 is 4.52. The van der Waals surface area contributed by atoms with E-state index >= 15 is 0 Å². The number of hydrogen-bond acceptors (Lipinski definition) is 5. The van der Waals surface area contributed by atoms with Gasteiger partial charge in [-0.05, 0) is 12.5 Å². The summed E-state index contributed by atoms with van der Waals surface area (Å²) in [6, 6.07) is 0. The van der Waals surface area contributed by atoms with E-state index in [-0.39, 0.29) is 16.1 Å². The highest BCUT2D eigenvalue weighted by Gasteiger charge is 2.00. The second-order valence-corrected chi connectivity index (χ2v) is 5.23. The van der Waals surface area contributed by atoms with E-state index in [0.717, 1.165) is 12.6 Å². The average Bonchev–Trinajstić information content (AvgIpc) is 2.25. The number of aldehydes is 2. The van der Waals surface area contributed by atoms with Crippen molar-refractivity contribution in [3.05, 3.63) is 12.2 Å². The number of allylic oxidation sites excluding steroid dienone is 1. The maximum absolute atomic E-state index is 10.3. The van der Waals surface area contributed by atoms with E-state index in [2.05, 4.69) is 19.2 Å². The van der Waals surface area contributed by atoms with Gasteiger partial charge in [0.1, 0.15) is 12.6 Å². The molecule has 0 heterocycles. The Balaban J connectivity index is -0.000000212. The molecular formula is C12H20O4S2. The molecule has 6 heteroatoms. The monoisotopic (exact) mass is 292 g/mol. The van der Waals surface area contributed by atoms with Crippen LogP contribution in [0, 0.1) is 5.92 Å². The minimum absolute atomic E-state index is 0.00102. The van der Waals surface area contributed by atoms with Gasteiger partial charge in [0.25, 0.3) is 0 Å². The van der Waals surface area contributed by atoms with Crippen LogP contribution in [0.4, 0.5) is 0 Å². The molecule has 0 amide bonds. The number of rotatable bonds is 4. The summed E-state index contributed by atoms with van der Waals surface area (Å²) in [5.74, 6) is 0.609. The van der Waals surface area contributed by atoms with Gasteiger partial charge in [-0.25, -0.2) is 0 Å². The smallest absolute Gasteiger partial charge is 0.185 e. The van der Waals surface area contributed by atoms with Gasteiger partial charge in [0.05, 0.1) is 0 Å². The van der Waals surface area contributed by atoms with Crippen LogP contribution < -0.4 is 0 Å². The zero-order valence-corrected chi connectivity index (χ0v) is 12.8. The lowest BCUT2D eigenvalue weighted by molar-refractivity contribution is -0.110. The van der Waals surface area contributed by atoms with E-state index in [0.29, 0.717) is 11.3 Å². The lowest BCUT2D eigenvalue weighted by atomic mass is 10.3. The lowest BCUT2D eigenvalue weighted by Gasteiger charge is -1.97. The SMILES string of the molecule is C=C(C)C=O.CC(=O)S.CC(=O)SCC(C)C=O. The Hall–Kier alpha value is -0.880. The molecule has 0 aliphatic heterocycles. The van der Waals surface area contributed by atoms with Gasteiger partial charge in [-0.2, -0.15) is 0 Å². The summed E-state index contributed by atoms with van der Waals surface area (Å²) in [5.41, 5.74) is 0.574. The first-order valence-corrected chi connectivity index (χ1v) is 6.49. The van der Waals surface area contributed by atoms with Crippen molar-refractivity contribution < 1.29 is 19.2 Å². The van der Waals surface area contributed by atoms with Crippen molar-refractivity contribution in [2.45, 2.75) is 27.7 Å². The Labute approximate surface area is 118 Å². The van der Waals surface area contributed by atoms with Crippen molar-refractivity contribution in [1.29, 1.82) is 0 Å². The standard InChI is InChI=1S/C6H10O2S.C4H6O.C2H4OS/c1-5(3-7)4-9-6(2)8;1-4(2)3-5;1-2(3)4/h3,5H,4H2,1-2H3;3H,1H2,2H3;1H3,(H,3,4). The lowest BCUT2D eigenvalue weighted by Crippen LogP contribution is -2.00.